The average Bonchev–Trinajstić information content (AvgIpc) is 2.25. The van der Waals surface area contributed by atoms with Crippen LogP contribution in [0.4, 0.5) is 0 Å². The summed E-state index contributed by atoms with van der Waals surface area (Å²) in [6.07, 6.45) is 2.04. The second-order valence-electron chi connectivity index (χ2n) is 4.44. The summed E-state index contributed by atoms with van der Waals surface area (Å²) < 4.78 is 0. The third-order valence-corrected chi connectivity index (χ3v) is 2.97. The number of amides is 1. The Morgan fingerprint density at radius 1 is 1.24 bits per heavy atom. The number of ketones is 1. The van der Waals surface area contributed by atoms with Crippen molar-refractivity contribution in [2.24, 2.45) is 0 Å². The maximum atomic E-state index is 11.2. The Labute approximate surface area is 105 Å². The predicted molar refractivity (Wildman–Crippen MR) is 69.9 cm³/mol. The Balaban J connectivity index is 3.63. The molecule has 0 saturated heterocycles. The second-order valence-corrected chi connectivity index (χ2v) is 4.44. The lowest BCUT2D eigenvalue weighted by Crippen LogP contribution is -2.33. The fourth-order valence-electron chi connectivity index (χ4n) is 1.94. The van der Waals surface area contributed by atoms with Crippen molar-refractivity contribution in [3.05, 3.63) is 0 Å². The van der Waals surface area contributed by atoms with Gasteiger partial charge in [-0.15, -0.1) is 0 Å². The fourth-order valence-corrected chi connectivity index (χ4v) is 1.94. The number of hydrogen-bond acceptors (Lipinski definition) is 3. The van der Waals surface area contributed by atoms with Crippen LogP contribution in [0, 0.1) is 0 Å². The largest absolute Gasteiger partial charge is 0.356 e. The van der Waals surface area contributed by atoms with Crippen LogP contribution >= 0.6 is 0 Å². The lowest BCUT2D eigenvalue weighted by molar-refractivity contribution is -0.127. The molecule has 0 radical (unpaired) electrons. The molecule has 1 N–H and O–H groups in total. The summed E-state index contributed by atoms with van der Waals surface area (Å²) in [5.41, 5.74) is 0. The molecule has 1 amide bonds. The highest BCUT2D eigenvalue weighted by Gasteiger charge is 2.09. The molecule has 0 saturated carbocycles. The monoisotopic (exact) mass is 242 g/mol. The van der Waals surface area contributed by atoms with E-state index in [9.17, 15) is 9.59 Å². The van der Waals surface area contributed by atoms with E-state index in [1.807, 2.05) is 0 Å². The lowest BCUT2D eigenvalue weighted by atomic mass is 10.1. The molecule has 17 heavy (non-hydrogen) atoms. The van der Waals surface area contributed by atoms with Crippen LogP contribution < -0.4 is 5.32 Å². The summed E-state index contributed by atoms with van der Waals surface area (Å²) in [7, 11) is 0. The van der Waals surface area contributed by atoms with Crippen molar-refractivity contribution in [1.82, 2.24) is 10.2 Å². The molecule has 0 heterocycles. The third kappa shape index (κ3) is 7.91. The zero-order valence-corrected chi connectivity index (χ0v) is 11.6. The van der Waals surface area contributed by atoms with Gasteiger partial charge in [-0.25, -0.2) is 0 Å². The van der Waals surface area contributed by atoms with Gasteiger partial charge in [0.25, 0.3) is 0 Å². The first-order valence-electron chi connectivity index (χ1n) is 6.51. The van der Waals surface area contributed by atoms with Crippen molar-refractivity contribution in [3.63, 3.8) is 0 Å². The number of nitrogens with one attached hydrogen (secondary N) is 1. The number of hydrogen-bond donors (Lipinski definition) is 1. The van der Waals surface area contributed by atoms with Gasteiger partial charge in [0.2, 0.25) is 5.91 Å². The summed E-state index contributed by atoms with van der Waals surface area (Å²) >= 11 is 0. The van der Waals surface area contributed by atoms with E-state index in [1.54, 1.807) is 0 Å². The molecule has 0 aromatic carbocycles. The summed E-state index contributed by atoms with van der Waals surface area (Å²) in [4.78, 5) is 24.3. The van der Waals surface area contributed by atoms with Gasteiger partial charge in [-0.1, -0.05) is 13.8 Å². The average molecular weight is 242 g/mol. The number of Topliss-reactive ketones (excluding diaryl/α,β-unsaturated/α-hetero) is 1. The molecule has 1 unspecified atom stereocenters. The summed E-state index contributed by atoms with van der Waals surface area (Å²) in [6.45, 7) is 10.8. The molecule has 0 aromatic heterocycles. The maximum Gasteiger partial charge on any atom is 0.227 e. The van der Waals surface area contributed by atoms with Gasteiger partial charge in [-0.05, 0) is 39.8 Å². The van der Waals surface area contributed by atoms with E-state index in [-0.39, 0.29) is 18.1 Å². The molecule has 1 atom stereocenters. The summed E-state index contributed by atoms with van der Waals surface area (Å²) in [6, 6.07) is 0.551. The molecule has 0 aliphatic heterocycles. The highest BCUT2D eigenvalue weighted by Crippen LogP contribution is 2.05. The zero-order valence-electron chi connectivity index (χ0n) is 11.6. The number of carbonyl (C=O) groups excluding carboxylic acids is 2. The van der Waals surface area contributed by atoms with E-state index in [4.69, 9.17) is 0 Å². The van der Waals surface area contributed by atoms with Gasteiger partial charge in [0.05, 0.1) is 6.42 Å². The van der Waals surface area contributed by atoms with Crippen LogP contribution in [-0.4, -0.2) is 42.3 Å². The van der Waals surface area contributed by atoms with E-state index >= 15 is 0 Å². The van der Waals surface area contributed by atoms with Gasteiger partial charge >= 0.3 is 0 Å². The Bertz CT molecular complexity index is 238. The van der Waals surface area contributed by atoms with E-state index in [0.717, 1.165) is 25.9 Å². The Hall–Kier alpha value is -0.900. The highest BCUT2D eigenvalue weighted by molar-refractivity contribution is 5.96. The second kappa shape index (κ2) is 9.16. The van der Waals surface area contributed by atoms with Crippen LogP contribution in [0.2, 0.25) is 0 Å². The van der Waals surface area contributed by atoms with E-state index in [0.29, 0.717) is 12.6 Å². The molecule has 100 valence electrons. The van der Waals surface area contributed by atoms with Gasteiger partial charge in [-0.3, -0.25) is 9.59 Å². The highest BCUT2D eigenvalue weighted by atomic mass is 16.2. The standard InChI is InChI=1S/C13H26N2O2/c1-5-15(6-2)11(3)8-7-9-14-13(17)10-12(4)16/h11H,5-10H2,1-4H3,(H,14,17). The minimum atomic E-state index is -0.159. The Morgan fingerprint density at radius 2 is 1.82 bits per heavy atom. The molecule has 4 nitrogen and oxygen atoms in total. The SMILES string of the molecule is CCN(CC)C(C)CCCNC(=O)CC(C)=O. The van der Waals surface area contributed by atoms with Crippen molar-refractivity contribution >= 4 is 11.7 Å². The molecule has 0 bridgehead atoms. The molecule has 0 aliphatic rings. The van der Waals surface area contributed by atoms with Gasteiger partial charge in [0.1, 0.15) is 5.78 Å². The van der Waals surface area contributed by atoms with Crippen LogP contribution in [0.3, 0.4) is 0 Å². The quantitative estimate of drug-likeness (QED) is 0.493. The van der Waals surface area contributed by atoms with Gasteiger partial charge in [-0.2, -0.15) is 0 Å². The van der Waals surface area contributed by atoms with Crippen LogP contribution in [0.1, 0.15) is 47.0 Å². The summed E-state index contributed by atoms with van der Waals surface area (Å²) in [5, 5.41) is 2.77. The molecular weight excluding hydrogens is 216 g/mol. The first-order chi connectivity index (χ1) is 8.01. The van der Waals surface area contributed by atoms with Crippen molar-refractivity contribution in [3.8, 4) is 0 Å². The molecule has 0 aromatic rings. The fraction of sp³-hybridized carbons (Fsp3) is 0.846. The normalized spacial score (nSPS) is 12.5. The maximum absolute atomic E-state index is 11.2. The first kappa shape index (κ1) is 16.1. The topological polar surface area (TPSA) is 49.4 Å². The predicted octanol–water partition coefficient (Wildman–Crippen LogP) is 1.59. The van der Waals surface area contributed by atoms with Crippen LogP contribution in [0.5, 0.6) is 0 Å². The van der Waals surface area contributed by atoms with Crippen molar-refractivity contribution in [2.45, 2.75) is 53.0 Å². The molecule has 0 fully saturated rings. The number of carbonyl (C=O) groups is 2. The van der Waals surface area contributed by atoms with Gasteiger partial charge < -0.3 is 10.2 Å². The molecule has 0 rings (SSSR count). The minimum absolute atomic E-state index is 0.00555. The van der Waals surface area contributed by atoms with Gasteiger partial charge in [0.15, 0.2) is 0 Å². The Kier molecular flexibility index (Phi) is 8.68. The lowest BCUT2D eigenvalue weighted by Gasteiger charge is -2.26. The van der Waals surface area contributed by atoms with E-state index in [2.05, 4.69) is 31.0 Å². The van der Waals surface area contributed by atoms with Crippen molar-refractivity contribution in [1.29, 1.82) is 0 Å². The molecule has 4 heteroatoms. The van der Waals surface area contributed by atoms with Gasteiger partial charge in [0, 0.05) is 12.6 Å². The van der Waals surface area contributed by atoms with Crippen LogP contribution in [0.15, 0.2) is 0 Å². The number of nitrogens with zero attached hydrogens (tertiary/aromatic N) is 1. The summed E-state index contributed by atoms with van der Waals surface area (Å²) in [5.74, 6) is -0.244. The minimum Gasteiger partial charge on any atom is -0.356 e. The molecule has 0 aliphatic carbocycles. The van der Waals surface area contributed by atoms with Crippen molar-refractivity contribution in [2.75, 3.05) is 19.6 Å². The number of rotatable bonds is 9. The first-order valence-corrected chi connectivity index (χ1v) is 6.51. The third-order valence-electron chi connectivity index (χ3n) is 2.97. The zero-order chi connectivity index (χ0) is 13.3. The van der Waals surface area contributed by atoms with E-state index in [1.165, 1.54) is 6.92 Å². The molecule has 0 spiro atoms. The van der Waals surface area contributed by atoms with Crippen molar-refractivity contribution < 1.29 is 9.59 Å². The van der Waals surface area contributed by atoms with Crippen LogP contribution in [-0.2, 0) is 9.59 Å². The van der Waals surface area contributed by atoms with E-state index < -0.39 is 0 Å². The molecular formula is C13H26N2O2. The van der Waals surface area contributed by atoms with Crippen LogP contribution in [0.25, 0.3) is 0 Å². The smallest absolute Gasteiger partial charge is 0.227 e. The Morgan fingerprint density at radius 3 is 2.29 bits per heavy atom.